The average Bonchev–Trinajstić information content (AvgIpc) is 3.46. The number of imidazole rings is 1. The second-order valence-corrected chi connectivity index (χ2v) is 9.85. The van der Waals surface area contributed by atoms with Crippen LogP contribution in [0.3, 0.4) is 0 Å². The molecule has 224 valence electrons. The minimum Gasteiger partial charge on any atom is -0.480 e. The third-order valence-corrected chi connectivity index (χ3v) is 6.65. The van der Waals surface area contributed by atoms with Crippen LogP contribution in [0.1, 0.15) is 44.4 Å². The number of carbonyl (C=O) groups excluding carboxylic acids is 3. The van der Waals surface area contributed by atoms with Gasteiger partial charge < -0.3 is 43.2 Å². The first-order valence-corrected chi connectivity index (χ1v) is 13.5. The van der Waals surface area contributed by atoms with Gasteiger partial charge in [0, 0.05) is 31.3 Å². The van der Waals surface area contributed by atoms with Crippen LogP contribution < -0.4 is 33.2 Å². The normalized spacial score (nSPS) is 14.5. The molecule has 14 nitrogen and oxygen atoms in total. The lowest BCUT2D eigenvalue weighted by Gasteiger charge is -2.26. The summed E-state index contributed by atoms with van der Waals surface area (Å²) in [5.41, 5.74) is 18.1. The number of guanidine groups is 1. The second kappa shape index (κ2) is 16.6. The maximum Gasteiger partial charge on any atom is 0.326 e. The highest BCUT2D eigenvalue weighted by Gasteiger charge is 2.31. The number of amides is 3. The molecule has 0 saturated heterocycles. The van der Waals surface area contributed by atoms with Crippen molar-refractivity contribution < 1.29 is 24.3 Å². The van der Waals surface area contributed by atoms with Crippen LogP contribution in [0.5, 0.6) is 0 Å². The van der Waals surface area contributed by atoms with E-state index in [1.165, 1.54) is 12.5 Å². The number of hydrogen-bond acceptors (Lipinski definition) is 7. The Morgan fingerprint density at radius 2 is 1.61 bits per heavy atom. The third kappa shape index (κ3) is 11.3. The summed E-state index contributed by atoms with van der Waals surface area (Å²) in [5.74, 6) is -3.30. The van der Waals surface area contributed by atoms with E-state index in [0.717, 1.165) is 5.56 Å². The standard InChI is InChI=1S/C27H41N9O5/c1-3-16(2)22(28)25(39)34-19(10-7-11-32-27(29)30)23(37)35-20(12-17-8-5-4-6-9-17)24(38)36-21(26(40)41)13-18-14-31-15-33-18/h4-6,8-9,14-16,19-22H,3,7,10-13,28H2,1-2H3,(H,31,33)(H,34,39)(H,35,37)(H,36,38)(H,40,41)(H4,29,30,32). The Labute approximate surface area is 238 Å². The van der Waals surface area contributed by atoms with E-state index in [9.17, 15) is 24.3 Å². The first-order valence-electron chi connectivity index (χ1n) is 13.5. The third-order valence-electron chi connectivity index (χ3n) is 6.65. The summed E-state index contributed by atoms with van der Waals surface area (Å²) in [5, 5.41) is 17.6. The van der Waals surface area contributed by atoms with E-state index in [0.29, 0.717) is 18.5 Å². The molecule has 3 amide bonds. The predicted octanol–water partition coefficient (Wildman–Crippen LogP) is -0.839. The van der Waals surface area contributed by atoms with Crippen molar-refractivity contribution >= 4 is 29.7 Å². The van der Waals surface area contributed by atoms with Crippen LogP contribution >= 0.6 is 0 Å². The van der Waals surface area contributed by atoms with Crippen molar-refractivity contribution in [3.8, 4) is 0 Å². The van der Waals surface area contributed by atoms with Crippen LogP contribution in [0.2, 0.25) is 0 Å². The van der Waals surface area contributed by atoms with Gasteiger partial charge in [-0.15, -0.1) is 0 Å². The zero-order chi connectivity index (χ0) is 30.4. The molecule has 0 bridgehead atoms. The van der Waals surface area contributed by atoms with Crippen molar-refractivity contribution in [2.24, 2.45) is 28.1 Å². The molecule has 0 radical (unpaired) electrons. The fourth-order valence-corrected chi connectivity index (χ4v) is 3.97. The molecule has 5 unspecified atom stereocenters. The van der Waals surface area contributed by atoms with E-state index in [4.69, 9.17) is 17.2 Å². The van der Waals surface area contributed by atoms with Crippen molar-refractivity contribution in [1.82, 2.24) is 25.9 Å². The topological polar surface area (TPSA) is 244 Å². The lowest BCUT2D eigenvalue weighted by molar-refractivity contribution is -0.142. The molecular weight excluding hydrogens is 530 g/mol. The molecule has 0 aliphatic heterocycles. The van der Waals surface area contributed by atoms with Crippen LogP contribution in [0.25, 0.3) is 0 Å². The van der Waals surface area contributed by atoms with E-state index < -0.39 is 47.9 Å². The molecule has 14 heteroatoms. The number of aromatic nitrogens is 2. The van der Waals surface area contributed by atoms with Crippen LogP contribution in [0, 0.1) is 5.92 Å². The van der Waals surface area contributed by atoms with Crippen LogP contribution in [-0.4, -0.2) is 75.4 Å². The van der Waals surface area contributed by atoms with Crippen molar-refractivity contribution in [2.45, 2.75) is 70.1 Å². The fraction of sp³-hybridized carbons (Fsp3) is 0.481. The maximum absolute atomic E-state index is 13.5. The Kier molecular flexibility index (Phi) is 13.3. The largest absolute Gasteiger partial charge is 0.480 e. The molecular formula is C27H41N9O5. The lowest BCUT2D eigenvalue weighted by Crippen LogP contribution is -2.58. The molecule has 1 aromatic carbocycles. The highest BCUT2D eigenvalue weighted by atomic mass is 16.4. The van der Waals surface area contributed by atoms with Gasteiger partial charge in [0.2, 0.25) is 17.7 Å². The van der Waals surface area contributed by atoms with Gasteiger partial charge >= 0.3 is 5.97 Å². The number of H-pyrrole nitrogens is 1. The highest BCUT2D eigenvalue weighted by Crippen LogP contribution is 2.09. The zero-order valence-corrected chi connectivity index (χ0v) is 23.4. The molecule has 0 saturated carbocycles. The van der Waals surface area contributed by atoms with Gasteiger partial charge in [-0.05, 0) is 24.3 Å². The average molecular weight is 572 g/mol. The molecule has 2 rings (SSSR count). The number of aliphatic imine (C=N–C) groups is 1. The van der Waals surface area contributed by atoms with Crippen molar-refractivity contribution in [1.29, 1.82) is 0 Å². The van der Waals surface area contributed by atoms with E-state index in [2.05, 4.69) is 30.9 Å². The number of nitrogens with one attached hydrogen (secondary N) is 4. The number of rotatable bonds is 17. The summed E-state index contributed by atoms with van der Waals surface area (Å²) in [6, 6.07) is 4.64. The van der Waals surface area contributed by atoms with Gasteiger partial charge in [0.1, 0.15) is 18.1 Å². The first kappa shape index (κ1) is 32.8. The lowest BCUT2D eigenvalue weighted by atomic mass is 9.98. The van der Waals surface area contributed by atoms with E-state index in [1.54, 1.807) is 24.3 Å². The maximum atomic E-state index is 13.5. The number of benzene rings is 1. The minimum atomic E-state index is -1.28. The van der Waals surface area contributed by atoms with Crippen molar-refractivity contribution in [2.75, 3.05) is 6.54 Å². The molecule has 11 N–H and O–H groups in total. The fourth-order valence-electron chi connectivity index (χ4n) is 3.97. The number of nitrogens with two attached hydrogens (primary N) is 3. The summed E-state index contributed by atoms with van der Waals surface area (Å²) in [6.07, 6.45) is 4.10. The van der Waals surface area contributed by atoms with Gasteiger partial charge in [-0.25, -0.2) is 9.78 Å². The van der Waals surface area contributed by atoms with Gasteiger partial charge in [0.15, 0.2) is 5.96 Å². The molecule has 0 aliphatic rings. The Hall–Kier alpha value is -4.46. The summed E-state index contributed by atoms with van der Waals surface area (Å²) in [7, 11) is 0. The molecule has 1 heterocycles. The molecule has 2 aromatic rings. The molecule has 0 fully saturated rings. The molecule has 0 aliphatic carbocycles. The zero-order valence-electron chi connectivity index (χ0n) is 23.4. The number of hydrogen-bond donors (Lipinski definition) is 8. The number of carboxylic acids is 1. The number of carboxylic acid groups (broad SMARTS) is 1. The monoisotopic (exact) mass is 571 g/mol. The number of aliphatic carboxylic acids is 1. The van der Waals surface area contributed by atoms with E-state index in [-0.39, 0.29) is 37.7 Å². The van der Waals surface area contributed by atoms with Gasteiger partial charge in [-0.3, -0.25) is 19.4 Å². The molecule has 1 aromatic heterocycles. The smallest absolute Gasteiger partial charge is 0.326 e. The van der Waals surface area contributed by atoms with Crippen molar-refractivity contribution in [3.05, 3.63) is 54.1 Å². The molecule has 0 spiro atoms. The first-order chi connectivity index (χ1) is 19.5. The van der Waals surface area contributed by atoms with E-state index in [1.807, 2.05) is 19.9 Å². The van der Waals surface area contributed by atoms with Crippen LogP contribution in [0.15, 0.2) is 47.8 Å². The Morgan fingerprint density at radius 1 is 0.976 bits per heavy atom. The van der Waals surface area contributed by atoms with Gasteiger partial charge in [0.25, 0.3) is 0 Å². The van der Waals surface area contributed by atoms with Crippen molar-refractivity contribution in [3.63, 3.8) is 0 Å². The van der Waals surface area contributed by atoms with Gasteiger partial charge in [-0.2, -0.15) is 0 Å². The highest BCUT2D eigenvalue weighted by molar-refractivity contribution is 5.94. The minimum absolute atomic E-state index is 0.0376. The summed E-state index contributed by atoms with van der Waals surface area (Å²) in [6.45, 7) is 3.96. The van der Waals surface area contributed by atoms with Gasteiger partial charge in [-0.1, -0.05) is 50.6 Å². The summed E-state index contributed by atoms with van der Waals surface area (Å²) < 4.78 is 0. The molecule has 5 atom stereocenters. The predicted molar refractivity (Wildman–Crippen MR) is 153 cm³/mol. The summed E-state index contributed by atoms with van der Waals surface area (Å²) >= 11 is 0. The van der Waals surface area contributed by atoms with Crippen LogP contribution in [-0.2, 0) is 32.0 Å². The summed E-state index contributed by atoms with van der Waals surface area (Å²) in [4.78, 5) is 62.2. The SMILES string of the molecule is CCC(C)C(N)C(=O)NC(CCCN=C(N)N)C(=O)NC(Cc1ccccc1)C(=O)NC(Cc1cnc[nH]1)C(=O)O. The Morgan fingerprint density at radius 3 is 2.20 bits per heavy atom. The number of carbonyl (C=O) groups is 4. The number of aromatic amines is 1. The quantitative estimate of drug-likeness (QED) is 0.0669. The second-order valence-electron chi connectivity index (χ2n) is 9.85. The number of nitrogens with zero attached hydrogens (tertiary/aromatic N) is 2. The Balaban J connectivity index is 2.25. The van der Waals surface area contributed by atoms with E-state index >= 15 is 0 Å². The Bertz CT molecular complexity index is 1150. The van der Waals surface area contributed by atoms with Gasteiger partial charge in [0.05, 0.1) is 12.4 Å². The molecule has 41 heavy (non-hydrogen) atoms. The van der Waals surface area contributed by atoms with Crippen LogP contribution in [0.4, 0.5) is 0 Å².